The van der Waals surface area contributed by atoms with Crippen LogP contribution in [0.5, 0.6) is 0 Å². The molecule has 1 amide bonds. The predicted molar refractivity (Wildman–Crippen MR) is 77.8 cm³/mol. The number of carbonyl (C=O) groups excluding carboxylic acids is 1. The Bertz CT molecular complexity index is 335. The smallest absolute Gasteiger partial charge is 0.410 e. The summed E-state index contributed by atoms with van der Waals surface area (Å²) >= 11 is 0. The number of amides is 1. The molecule has 0 aromatic carbocycles. The number of hydrogen-bond acceptors (Lipinski definition) is 4. The number of likely N-dealkylation sites (tertiary alicyclic amines) is 1. The molecule has 5 nitrogen and oxygen atoms in total. The first kappa shape index (κ1) is 15.6. The molecule has 2 rings (SSSR count). The molecule has 2 aliphatic heterocycles. The van der Waals surface area contributed by atoms with Gasteiger partial charge in [-0.15, -0.1) is 0 Å². The van der Waals surface area contributed by atoms with Crippen LogP contribution in [0.1, 0.15) is 34.1 Å². The molecular formula is C15H28N2O3. The maximum Gasteiger partial charge on any atom is 0.410 e. The van der Waals surface area contributed by atoms with Crippen molar-refractivity contribution in [3.8, 4) is 0 Å². The molecule has 0 N–H and O–H groups in total. The maximum absolute atomic E-state index is 12.1. The van der Waals surface area contributed by atoms with E-state index in [1.54, 1.807) is 0 Å². The Kier molecular flexibility index (Phi) is 4.91. The van der Waals surface area contributed by atoms with Crippen LogP contribution in [0.15, 0.2) is 0 Å². The summed E-state index contributed by atoms with van der Waals surface area (Å²) in [4.78, 5) is 16.5. The minimum absolute atomic E-state index is 0.176. The van der Waals surface area contributed by atoms with Gasteiger partial charge in [0.2, 0.25) is 0 Å². The van der Waals surface area contributed by atoms with E-state index in [0.717, 1.165) is 45.8 Å². The van der Waals surface area contributed by atoms with Gasteiger partial charge in [0.15, 0.2) is 0 Å². The maximum atomic E-state index is 12.1. The number of hydrogen-bond donors (Lipinski definition) is 0. The van der Waals surface area contributed by atoms with Crippen molar-refractivity contribution in [2.24, 2.45) is 5.92 Å². The monoisotopic (exact) mass is 284 g/mol. The fraction of sp³-hybridized carbons (Fsp3) is 0.933. The van der Waals surface area contributed by atoms with Gasteiger partial charge in [-0.1, -0.05) is 6.92 Å². The average molecular weight is 284 g/mol. The van der Waals surface area contributed by atoms with Gasteiger partial charge in [-0.3, -0.25) is 4.90 Å². The van der Waals surface area contributed by atoms with Gasteiger partial charge in [0.05, 0.1) is 13.2 Å². The van der Waals surface area contributed by atoms with Crippen molar-refractivity contribution in [3.63, 3.8) is 0 Å². The molecule has 2 heterocycles. The molecule has 0 saturated carbocycles. The lowest BCUT2D eigenvalue weighted by atomic mass is 9.92. The van der Waals surface area contributed by atoms with Gasteiger partial charge in [-0.05, 0) is 33.1 Å². The number of rotatable bonds is 1. The van der Waals surface area contributed by atoms with Gasteiger partial charge in [0.1, 0.15) is 5.60 Å². The summed E-state index contributed by atoms with van der Waals surface area (Å²) in [5.74, 6) is 0.481. The van der Waals surface area contributed by atoms with Crippen LogP contribution in [0.3, 0.4) is 0 Å². The van der Waals surface area contributed by atoms with Crippen molar-refractivity contribution in [1.82, 2.24) is 9.80 Å². The Hall–Kier alpha value is -0.810. The van der Waals surface area contributed by atoms with Gasteiger partial charge in [-0.25, -0.2) is 4.79 Å². The molecule has 5 heteroatoms. The number of morpholine rings is 1. The highest BCUT2D eigenvalue weighted by Crippen LogP contribution is 2.24. The van der Waals surface area contributed by atoms with Crippen LogP contribution in [-0.2, 0) is 9.47 Å². The van der Waals surface area contributed by atoms with E-state index in [9.17, 15) is 4.79 Å². The molecule has 0 radical (unpaired) electrons. The first-order valence-electron chi connectivity index (χ1n) is 7.66. The van der Waals surface area contributed by atoms with Crippen LogP contribution < -0.4 is 0 Å². The van der Waals surface area contributed by atoms with Crippen molar-refractivity contribution < 1.29 is 14.3 Å². The topological polar surface area (TPSA) is 42.0 Å². The quantitative estimate of drug-likeness (QED) is 0.738. The average Bonchev–Trinajstić information content (AvgIpc) is 2.37. The highest BCUT2D eigenvalue weighted by molar-refractivity contribution is 5.68. The second kappa shape index (κ2) is 6.31. The van der Waals surface area contributed by atoms with E-state index in [-0.39, 0.29) is 6.09 Å². The van der Waals surface area contributed by atoms with Crippen LogP contribution in [0.2, 0.25) is 0 Å². The number of nitrogens with zero attached hydrogens (tertiary/aromatic N) is 2. The second-order valence-electron chi connectivity index (χ2n) is 6.91. The summed E-state index contributed by atoms with van der Waals surface area (Å²) in [5.41, 5.74) is -0.415. The minimum Gasteiger partial charge on any atom is -0.444 e. The van der Waals surface area contributed by atoms with Crippen LogP contribution in [0, 0.1) is 5.92 Å². The first-order chi connectivity index (χ1) is 9.37. The summed E-state index contributed by atoms with van der Waals surface area (Å²) in [7, 11) is 0. The minimum atomic E-state index is -0.415. The van der Waals surface area contributed by atoms with Gasteiger partial charge >= 0.3 is 6.09 Å². The summed E-state index contributed by atoms with van der Waals surface area (Å²) in [6, 6.07) is 0.567. The molecular weight excluding hydrogens is 256 g/mol. The third-order valence-corrected chi connectivity index (χ3v) is 4.03. The van der Waals surface area contributed by atoms with Gasteiger partial charge in [-0.2, -0.15) is 0 Å². The third-order valence-electron chi connectivity index (χ3n) is 4.03. The lowest BCUT2D eigenvalue weighted by Crippen LogP contribution is -2.54. The third kappa shape index (κ3) is 4.09. The molecule has 0 spiro atoms. The summed E-state index contributed by atoms with van der Waals surface area (Å²) < 4.78 is 10.9. The van der Waals surface area contributed by atoms with Crippen molar-refractivity contribution in [3.05, 3.63) is 0 Å². The Morgan fingerprint density at radius 1 is 1.20 bits per heavy atom. The van der Waals surface area contributed by atoms with Crippen molar-refractivity contribution >= 4 is 6.09 Å². The Balaban J connectivity index is 1.86. The van der Waals surface area contributed by atoms with Crippen LogP contribution >= 0.6 is 0 Å². The molecule has 20 heavy (non-hydrogen) atoms. The SMILES string of the molecule is CC1CN(C(=O)OC(C)(C)C)CCC1N1CCOCC1. The highest BCUT2D eigenvalue weighted by atomic mass is 16.6. The lowest BCUT2D eigenvalue weighted by molar-refractivity contribution is -0.0247. The molecule has 2 fully saturated rings. The van der Waals surface area contributed by atoms with E-state index < -0.39 is 5.60 Å². The summed E-state index contributed by atoms with van der Waals surface area (Å²) in [5, 5.41) is 0. The fourth-order valence-corrected chi connectivity index (χ4v) is 3.08. The largest absolute Gasteiger partial charge is 0.444 e. The number of carbonyl (C=O) groups is 1. The number of ether oxygens (including phenoxy) is 2. The summed E-state index contributed by atoms with van der Waals surface area (Å²) in [6.45, 7) is 13.2. The Labute approximate surface area is 122 Å². The summed E-state index contributed by atoms with van der Waals surface area (Å²) in [6.07, 6.45) is 0.852. The highest BCUT2D eigenvalue weighted by Gasteiger charge is 2.34. The van der Waals surface area contributed by atoms with E-state index in [0.29, 0.717) is 12.0 Å². The van der Waals surface area contributed by atoms with E-state index >= 15 is 0 Å². The van der Waals surface area contributed by atoms with E-state index in [1.807, 2.05) is 25.7 Å². The van der Waals surface area contributed by atoms with Gasteiger partial charge in [0.25, 0.3) is 0 Å². The van der Waals surface area contributed by atoms with Crippen LogP contribution in [-0.4, -0.2) is 66.9 Å². The van der Waals surface area contributed by atoms with Crippen LogP contribution in [0.4, 0.5) is 4.79 Å². The zero-order valence-corrected chi connectivity index (χ0v) is 13.2. The fourth-order valence-electron chi connectivity index (χ4n) is 3.08. The second-order valence-corrected chi connectivity index (χ2v) is 6.91. The van der Waals surface area contributed by atoms with Crippen LogP contribution in [0.25, 0.3) is 0 Å². The molecule has 2 saturated heterocycles. The molecule has 2 aliphatic rings. The normalized spacial score (nSPS) is 29.3. The molecule has 0 aromatic rings. The van der Waals surface area contributed by atoms with E-state index in [1.165, 1.54) is 0 Å². The molecule has 2 unspecified atom stereocenters. The first-order valence-corrected chi connectivity index (χ1v) is 7.66. The van der Waals surface area contributed by atoms with Crippen molar-refractivity contribution in [2.75, 3.05) is 39.4 Å². The molecule has 0 aliphatic carbocycles. The van der Waals surface area contributed by atoms with Gasteiger partial charge < -0.3 is 14.4 Å². The van der Waals surface area contributed by atoms with Crippen molar-refractivity contribution in [2.45, 2.75) is 45.8 Å². The number of piperidine rings is 1. The zero-order chi connectivity index (χ0) is 14.8. The molecule has 2 atom stereocenters. The van der Waals surface area contributed by atoms with E-state index in [4.69, 9.17) is 9.47 Å². The Morgan fingerprint density at radius 2 is 1.85 bits per heavy atom. The lowest BCUT2D eigenvalue weighted by Gasteiger charge is -2.44. The predicted octanol–water partition coefficient (Wildman–Crippen LogP) is 1.96. The van der Waals surface area contributed by atoms with Crippen molar-refractivity contribution in [1.29, 1.82) is 0 Å². The van der Waals surface area contributed by atoms with E-state index in [2.05, 4.69) is 11.8 Å². The molecule has 116 valence electrons. The molecule has 0 bridgehead atoms. The molecule has 0 aromatic heterocycles. The standard InChI is InChI=1S/C15H28N2O3/c1-12-11-17(14(18)20-15(2,3)4)6-5-13(12)16-7-9-19-10-8-16/h12-13H,5-11H2,1-4H3. The zero-order valence-electron chi connectivity index (χ0n) is 13.2. The van der Waals surface area contributed by atoms with Gasteiger partial charge in [0, 0.05) is 32.2 Å². The Morgan fingerprint density at radius 3 is 2.40 bits per heavy atom.